The average molecular weight is 223 g/mol. The molecule has 1 aromatic heterocycles. The first-order valence-electron chi connectivity index (χ1n) is 5.72. The fourth-order valence-electron chi connectivity index (χ4n) is 2.02. The zero-order valence-corrected chi connectivity index (χ0v) is 10.1. The maximum atomic E-state index is 13.7. The molecule has 2 rings (SSSR count). The van der Waals surface area contributed by atoms with E-state index in [1.165, 1.54) is 0 Å². The van der Waals surface area contributed by atoms with Gasteiger partial charge in [0.1, 0.15) is 5.67 Å². The quantitative estimate of drug-likeness (QED) is 0.732. The van der Waals surface area contributed by atoms with Crippen molar-refractivity contribution in [2.45, 2.75) is 39.3 Å². The first-order valence-corrected chi connectivity index (χ1v) is 5.72. The monoisotopic (exact) mass is 223 g/mol. The number of hydrogen-bond acceptors (Lipinski definition) is 3. The molecular formula is C12H18FN3. The molecule has 0 aromatic carbocycles. The number of piperidine rings is 1. The molecule has 1 aromatic rings. The normalized spacial score (nSPS) is 19.9. The van der Waals surface area contributed by atoms with E-state index >= 15 is 0 Å². The van der Waals surface area contributed by atoms with E-state index < -0.39 is 5.67 Å². The molecule has 0 radical (unpaired) electrons. The van der Waals surface area contributed by atoms with Gasteiger partial charge >= 0.3 is 0 Å². The summed E-state index contributed by atoms with van der Waals surface area (Å²) in [6, 6.07) is 1.95. The molecule has 16 heavy (non-hydrogen) atoms. The van der Waals surface area contributed by atoms with Crippen molar-refractivity contribution in [3.05, 3.63) is 17.5 Å². The van der Waals surface area contributed by atoms with Crippen molar-refractivity contribution in [2.24, 2.45) is 0 Å². The topological polar surface area (TPSA) is 29.0 Å². The summed E-state index contributed by atoms with van der Waals surface area (Å²) in [4.78, 5) is 10.9. The highest BCUT2D eigenvalue weighted by molar-refractivity contribution is 5.33. The van der Waals surface area contributed by atoms with Crippen molar-refractivity contribution in [1.82, 2.24) is 9.97 Å². The highest BCUT2D eigenvalue weighted by Crippen LogP contribution is 2.27. The molecule has 0 spiro atoms. The van der Waals surface area contributed by atoms with Gasteiger partial charge < -0.3 is 4.90 Å². The van der Waals surface area contributed by atoms with Crippen LogP contribution in [-0.2, 0) is 0 Å². The molecule has 1 saturated heterocycles. The van der Waals surface area contributed by atoms with Gasteiger partial charge in [0.15, 0.2) is 0 Å². The third-order valence-corrected chi connectivity index (χ3v) is 3.06. The summed E-state index contributed by atoms with van der Waals surface area (Å²) in [5.74, 6) is 0.744. The van der Waals surface area contributed by atoms with E-state index in [-0.39, 0.29) is 0 Å². The van der Waals surface area contributed by atoms with Gasteiger partial charge in [-0.3, -0.25) is 0 Å². The number of halogens is 1. The van der Waals surface area contributed by atoms with Crippen LogP contribution in [0.3, 0.4) is 0 Å². The summed E-state index contributed by atoms with van der Waals surface area (Å²) in [5, 5.41) is 0. The van der Waals surface area contributed by atoms with E-state index in [1.54, 1.807) is 6.92 Å². The number of alkyl halides is 1. The van der Waals surface area contributed by atoms with Crippen molar-refractivity contribution in [2.75, 3.05) is 18.0 Å². The molecule has 0 unspecified atom stereocenters. The van der Waals surface area contributed by atoms with E-state index in [0.717, 1.165) is 17.3 Å². The standard InChI is InChI=1S/C12H18FN3/c1-9-8-10(2)15-11(14-9)16-6-4-12(3,13)5-7-16/h8H,4-7H2,1-3H3. The van der Waals surface area contributed by atoms with E-state index in [2.05, 4.69) is 14.9 Å². The summed E-state index contributed by atoms with van der Waals surface area (Å²) < 4.78 is 13.7. The molecule has 0 saturated carbocycles. The van der Waals surface area contributed by atoms with E-state index in [0.29, 0.717) is 25.9 Å². The van der Waals surface area contributed by atoms with Gasteiger partial charge in [0.25, 0.3) is 0 Å². The smallest absolute Gasteiger partial charge is 0.225 e. The molecule has 0 N–H and O–H groups in total. The zero-order chi connectivity index (χ0) is 11.8. The predicted octanol–water partition coefficient (Wildman–Crippen LogP) is 2.42. The lowest BCUT2D eigenvalue weighted by Gasteiger charge is -2.34. The lowest BCUT2D eigenvalue weighted by Crippen LogP contribution is -2.41. The number of aryl methyl sites for hydroxylation is 2. The fourth-order valence-corrected chi connectivity index (χ4v) is 2.02. The van der Waals surface area contributed by atoms with Crippen LogP contribution >= 0.6 is 0 Å². The number of hydrogen-bond donors (Lipinski definition) is 0. The van der Waals surface area contributed by atoms with Gasteiger partial charge in [-0.2, -0.15) is 0 Å². The largest absolute Gasteiger partial charge is 0.341 e. The molecule has 2 heterocycles. The summed E-state index contributed by atoms with van der Waals surface area (Å²) in [7, 11) is 0. The Morgan fingerprint density at radius 2 is 1.69 bits per heavy atom. The Morgan fingerprint density at radius 1 is 1.19 bits per heavy atom. The second-order valence-corrected chi connectivity index (χ2v) is 4.85. The lowest BCUT2D eigenvalue weighted by molar-refractivity contribution is 0.148. The molecule has 0 bridgehead atoms. The Labute approximate surface area is 95.7 Å². The lowest BCUT2D eigenvalue weighted by atomic mass is 9.96. The number of nitrogens with zero attached hydrogens (tertiary/aromatic N) is 3. The SMILES string of the molecule is Cc1cc(C)nc(N2CCC(C)(F)CC2)n1. The summed E-state index contributed by atoms with van der Waals surface area (Å²) >= 11 is 0. The van der Waals surface area contributed by atoms with Gasteiger partial charge in [0.05, 0.1) is 0 Å². The van der Waals surface area contributed by atoms with Crippen molar-refractivity contribution in [3.8, 4) is 0 Å². The zero-order valence-electron chi connectivity index (χ0n) is 10.1. The summed E-state index contributed by atoms with van der Waals surface area (Å²) in [5.41, 5.74) is 0.919. The summed E-state index contributed by atoms with van der Waals surface area (Å²) in [6.07, 6.45) is 1.12. The van der Waals surface area contributed by atoms with Crippen LogP contribution in [0.2, 0.25) is 0 Å². The third kappa shape index (κ3) is 2.49. The second-order valence-electron chi connectivity index (χ2n) is 4.85. The van der Waals surface area contributed by atoms with Gasteiger partial charge in [-0.15, -0.1) is 0 Å². The number of anilines is 1. The first-order chi connectivity index (χ1) is 7.46. The van der Waals surface area contributed by atoms with Crippen LogP contribution < -0.4 is 4.90 Å². The Bertz CT molecular complexity index is 360. The molecule has 1 aliphatic heterocycles. The number of rotatable bonds is 1. The molecule has 0 atom stereocenters. The van der Waals surface area contributed by atoms with Crippen LogP contribution in [-0.4, -0.2) is 28.7 Å². The molecular weight excluding hydrogens is 205 g/mol. The first kappa shape index (κ1) is 11.3. The number of aromatic nitrogens is 2. The van der Waals surface area contributed by atoms with Crippen LogP contribution in [0.15, 0.2) is 6.07 Å². The second kappa shape index (κ2) is 4.00. The Hall–Kier alpha value is -1.19. The van der Waals surface area contributed by atoms with Crippen LogP contribution in [0.5, 0.6) is 0 Å². The van der Waals surface area contributed by atoms with Crippen LogP contribution in [0, 0.1) is 13.8 Å². The highest BCUT2D eigenvalue weighted by atomic mass is 19.1. The predicted molar refractivity (Wildman–Crippen MR) is 62.5 cm³/mol. The van der Waals surface area contributed by atoms with Crippen molar-refractivity contribution in [3.63, 3.8) is 0 Å². The Kier molecular flexibility index (Phi) is 2.82. The van der Waals surface area contributed by atoms with Crippen molar-refractivity contribution < 1.29 is 4.39 Å². The third-order valence-electron chi connectivity index (χ3n) is 3.06. The van der Waals surface area contributed by atoms with Crippen molar-refractivity contribution >= 4 is 5.95 Å². The van der Waals surface area contributed by atoms with Crippen LogP contribution in [0.25, 0.3) is 0 Å². The minimum absolute atomic E-state index is 0.559. The van der Waals surface area contributed by atoms with Crippen LogP contribution in [0.4, 0.5) is 10.3 Å². The average Bonchev–Trinajstić information content (AvgIpc) is 2.15. The maximum absolute atomic E-state index is 13.7. The summed E-state index contributed by atoms with van der Waals surface area (Å²) in [6.45, 7) is 7.00. The molecule has 4 heteroatoms. The minimum Gasteiger partial charge on any atom is -0.341 e. The molecule has 1 fully saturated rings. The van der Waals surface area contributed by atoms with Gasteiger partial charge in [0, 0.05) is 24.5 Å². The van der Waals surface area contributed by atoms with Crippen LogP contribution in [0.1, 0.15) is 31.2 Å². The molecule has 88 valence electrons. The maximum Gasteiger partial charge on any atom is 0.225 e. The molecule has 0 aliphatic carbocycles. The van der Waals surface area contributed by atoms with E-state index in [9.17, 15) is 4.39 Å². The molecule has 0 amide bonds. The molecule has 1 aliphatic rings. The van der Waals surface area contributed by atoms with E-state index in [4.69, 9.17) is 0 Å². The van der Waals surface area contributed by atoms with Gasteiger partial charge in [-0.25, -0.2) is 14.4 Å². The van der Waals surface area contributed by atoms with Gasteiger partial charge in [0.2, 0.25) is 5.95 Å². The highest BCUT2D eigenvalue weighted by Gasteiger charge is 2.30. The van der Waals surface area contributed by atoms with Crippen molar-refractivity contribution in [1.29, 1.82) is 0 Å². The minimum atomic E-state index is -1.02. The van der Waals surface area contributed by atoms with Gasteiger partial charge in [-0.1, -0.05) is 0 Å². The Morgan fingerprint density at radius 3 is 2.19 bits per heavy atom. The molecule has 3 nitrogen and oxygen atoms in total. The fraction of sp³-hybridized carbons (Fsp3) is 0.667. The van der Waals surface area contributed by atoms with Gasteiger partial charge in [-0.05, 0) is 39.7 Å². The van der Waals surface area contributed by atoms with E-state index in [1.807, 2.05) is 19.9 Å². The Balaban J connectivity index is 2.14.